The van der Waals surface area contributed by atoms with E-state index in [-0.39, 0.29) is 0 Å². The Balaban J connectivity index is 2.35. The Hall–Kier alpha value is -2.10. The molecule has 0 radical (unpaired) electrons. The number of aryl methyl sites for hydroxylation is 1. The van der Waals surface area contributed by atoms with Gasteiger partial charge in [-0.15, -0.1) is 0 Å². The Bertz CT molecular complexity index is 540. The van der Waals surface area contributed by atoms with Gasteiger partial charge in [-0.25, -0.2) is 4.98 Å². The number of nitrogens with two attached hydrogens (primary N) is 1. The first-order valence-electron chi connectivity index (χ1n) is 6.01. The van der Waals surface area contributed by atoms with Gasteiger partial charge in [-0.3, -0.25) is 4.98 Å². The fourth-order valence-corrected chi connectivity index (χ4v) is 1.68. The van der Waals surface area contributed by atoms with Crippen LogP contribution in [-0.4, -0.2) is 16.6 Å². The molecule has 0 aliphatic carbocycles. The molecule has 94 valence electrons. The molecule has 0 unspecified atom stereocenters. The zero-order chi connectivity index (χ0) is 13.0. The predicted molar refractivity (Wildman–Crippen MR) is 72.4 cm³/mol. The van der Waals surface area contributed by atoms with Crippen molar-refractivity contribution < 1.29 is 4.74 Å². The standard InChI is InChI=1S/C14H17N3O/c1-3-4-18-12-6-11(8-16-9-12)13-5-10(2)7-17-14(13)15/h5-9H,3-4H2,1-2H3,(H2,15,17). The molecule has 0 fully saturated rings. The Kier molecular flexibility index (Phi) is 3.77. The van der Waals surface area contributed by atoms with Crippen molar-refractivity contribution in [2.24, 2.45) is 0 Å². The van der Waals surface area contributed by atoms with Crippen LogP contribution in [-0.2, 0) is 0 Å². The van der Waals surface area contributed by atoms with Crippen LogP contribution in [0.1, 0.15) is 18.9 Å². The fourth-order valence-electron chi connectivity index (χ4n) is 1.68. The summed E-state index contributed by atoms with van der Waals surface area (Å²) >= 11 is 0. The van der Waals surface area contributed by atoms with E-state index in [1.54, 1.807) is 18.6 Å². The molecule has 2 rings (SSSR count). The summed E-state index contributed by atoms with van der Waals surface area (Å²) in [5, 5.41) is 0. The van der Waals surface area contributed by atoms with Gasteiger partial charge in [0.2, 0.25) is 0 Å². The third kappa shape index (κ3) is 2.77. The molecule has 0 amide bonds. The van der Waals surface area contributed by atoms with Gasteiger partial charge >= 0.3 is 0 Å². The largest absolute Gasteiger partial charge is 0.492 e. The van der Waals surface area contributed by atoms with Crippen molar-refractivity contribution in [2.75, 3.05) is 12.3 Å². The maximum Gasteiger partial charge on any atom is 0.138 e. The van der Waals surface area contributed by atoms with Gasteiger partial charge < -0.3 is 10.5 Å². The number of hydrogen-bond donors (Lipinski definition) is 1. The molecule has 0 bridgehead atoms. The third-order valence-electron chi connectivity index (χ3n) is 2.55. The van der Waals surface area contributed by atoms with Gasteiger partial charge in [-0.1, -0.05) is 6.92 Å². The molecule has 4 heteroatoms. The minimum atomic E-state index is 0.509. The zero-order valence-electron chi connectivity index (χ0n) is 10.7. The van der Waals surface area contributed by atoms with E-state index < -0.39 is 0 Å². The summed E-state index contributed by atoms with van der Waals surface area (Å²) in [5.74, 6) is 1.27. The molecule has 2 aromatic rings. The van der Waals surface area contributed by atoms with Crippen molar-refractivity contribution in [3.05, 3.63) is 36.3 Å². The van der Waals surface area contributed by atoms with Crippen LogP contribution >= 0.6 is 0 Å². The summed E-state index contributed by atoms with van der Waals surface area (Å²) in [7, 11) is 0. The molecular weight excluding hydrogens is 226 g/mol. The van der Waals surface area contributed by atoms with Gasteiger partial charge in [-0.2, -0.15) is 0 Å². The van der Waals surface area contributed by atoms with Gasteiger partial charge in [0.1, 0.15) is 11.6 Å². The smallest absolute Gasteiger partial charge is 0.138 e. The van der Waals surface area contributed by atoms with Crippen molar-refractivity contribution in [3.63, 3.8) is 0 Å². The highest BCUT2D eigenvalue weighted by Gasteiger charge is 2.06. The number of pyridine rings is 2. The number of nitrogen functional groups attached to an aromatic ring is 1. The van der Waals surface area contributed by atoms with Crippen LogP contribution in [0.4, 0.5) is 5.82 Å². The van der Waals surface area contributed by atoms with Crippen molar-refractivity contribution >= 4 is 5.82 Å². The van der Waals surface area contributed by atoms with E-state index in [1.165, 1.54) is 0 Å². The topological polar surface area (TPSA) is 61.0 Å². The second-order valence-electron chi connectivity index (χ2n) is 4.20. The maximum absolute atomic E-state index is 5.89. The van der Waals surface area contributed by atoms with Crippen LogP contribution in [0.3, 0.4) is 0 Å². The Morgan fingerprint density at radius 1 is 1.22 bits per heavy atom. The minimum absolute atomic E-state index is 0.509. The number of aromatic nitrogens is 2. The lowest BCUT2D eigenvalue weighted by molar-refractivity contribution is 0.316. The highest BCUT2D eigenvalue weighted by Crippen LogP contribution is 2.27. The second kappa shape index (κ2) is 5.49. The predicted octanol–water partition coefficient (Wildman–Crippen LogP) is 2.82. The molecule has 2 N–H and O–H groups in total. The third-order valence-corrected chi connectivity index (χ3v) is 2.55. The quantitative estimate of drug-likeness (QED) is 0.897. The number of ether oxygens (including phenoxy) is 1. The molecule has 2 heterocycles. The van der Waals surface area contributed by atoms with Crippen molar-refractivity contribution in [3.8, 4) is 16.9 Å². The van der Waals surface area contributed by atoms with E-state index in [4.69, 9.17) is 10.5 Å². The maximum atomic E-state index is 5.89. The number of rotatable bonds is 4. The summed E-state index contributed by atoms with van der Waals surface area (Å²) < 4.78 is 5.56. The Morgan fingerprint density at radius 3 is 2.83 bits per heavy atom. The summed E-state index contributed by atoms with van der Waals surface area (Å²) in [6, 6.07) is 3.94. The molecule has 0 aromatic carbocycles. The first kappa shape index (κ1) is 12.4. The summed E-state index contributed by atoms with van der Waals surface area (Å²) in [6.07, 6.45) is 6.20. The Labute approximate surface area is 107 Å². The molecule has 0 saturated carbocycles. The lowest BCUT2D eigenvalue weighted by Gasteiger charge is -2.08. The van der Waals surface area contributed by atoms with E-state index >= 15 is 0 Å². The summed E-state index contributed by atoms with van der Waals surface area (Å²) in [4.78, 5) is 8.33. The lowest BCUT2D eigenvalue weighted by atomic mass is 10.1. The fraction of sp³-hybridized carbons (Fsp3) is 0.286. The first-order chi connectivity index (χ1) is 8.70. The number of nitrogens with zero attached hydrogens (tertiary/aromatic N) is 2. The molecule has 4 nitrogen and oxygen atoms in total. The van der Waals surface area contributed by atoms with E-state index in [0.717, 1.165) is 28.9 Å². The van der Waals surface area contributed by atoms with Gasteiger partial charge in [0.25, 0.3) is 0 Å². The zero-order valence-corrected chi connectivity index (χ0v) is 10.7. The van der Waals surface area contributed by atoms with Crippen molar-refractivity contribution in [1.29, 1.82) is 0 Å². The molecule has 0 atom stereocenters. The van der Waals surface area contributed by atoms with Gasteiger partial charge in [0.05, 0.1) is 12.8 Å². The lowest BCUT2D eigenvalue weighted by Crippen LogP contribution is -1.98. The van der Waals surface area contributed by atoms with Crippen LogP contribution in [0.25, 0.3) is 11.1 Å². The van der Waals surface area contributed by atoms with E-state index in [9.17, 15) is 0 Å². The highest BCUT2D eigenvalue weighted by molar-refractivity contribution is 5.74. The monoisotopic (exact) mass is 243 g/mol. The van der Waals surface area contributed by atoms with Gasteiger partial charge in [0.15, 0.2) is 0 Å². The van der Waals surface area contributed by atoms with E-state index in [2.05, 4.69) is 16.9 Å². The molecule has 0 aliphatic heterocycles. The normalized spacial score (nSPS) is 10.3. The van der Waals surface area contributed by atoms with Crippen molar-refractivity contribution in [2.45, 2.75) is 20.3 Å². The minimum Gasteiger partial charge on any atom is -0.492 e. The average Bonchev–Trinajstić information content (AvgIpc) is 2.39. The Morgan fingerprint density at radius 2 is 2.06 bits per heavy atom. The molecule has 0 saturated heterocycles. The van der Waals surface area contributed by atoms with E-state index in [0.29, 0.717) is 12.4 Å². The number of hydrogen-bond acceptors (Lipinski definition) is 4. The van der Waals surface area contributed by atoms with Crippen molar-refractivity contribution in [1.82, 2.24) is 9.97 Å². The molecule has 0 aliphatic rings. The number of anilines is 1. The highest BCUT2D eigenvalue weighted by atomic mass is 16.5. The summed E-state index contributed by atoms with van der Waals surface area (Å²) in [5.41, 5.74) is 8.78. The SMILES string of the molecule is CCCOc1cncc(-c2cc(C)cnc2N)c1. The van der Waals surface area contributed by atoms with Crippen LogP contribution < -0.4 is 10.5 Å². The van der Waals surface area contributed by atoms with Crippen LogP contribution in [0.2, 0.25) is 0 Å². The molecule has 0 spiro atoms. The molecular formula is C14H17N3O. The van der Waals surface area contributed by atoms with Gasteiger partial charge in [-0.05, 0) is 31.0 Å². The van der Waals surface area contributed by atoms with E-state index in [1.807, 2.05) is 19.1 Å². The molecule has 18 heavy (non-hydrogen) atoms. The summed E-state index contributed by atoms with van der Waals surface area (Å²) in [6.45, 7) is 4.74. The van der Waals surface area contributed by atoms with Crippen LogP contribution in [0.5, 0.6) is 5.75 Å². The van der Waals surface area contributed by atoms with Crippen LogP contribution in [0.15, 0.2) is 30.7 Å². The first-order valence-corrected chi connectivity index (χ1v) is 6.01. The average molecular weight is 243 g/mol. The van der Waals surface area contributed by atoms with Gasteiger partial charge in [0, 0.05) is 23.5 Å². The van der Waals surface area contributed by atoms with Crippen LogP contribution in [0, 0.1) is 6.92 Å². The second-order valence-corrected chi connectivity index (χ2v) is 4.20. The molecule has 2 aromatic heterocycles.